The van der Waals surface area contributed by atoms with Crippen LogP contribution >= 0.6 is 0 Å². The second kappa shape index (κ2) is 12.9. The predicted molar refractivity (Wildman–Crippen MR) is 116 cm³/mol. The zero-order chi connectivity index (χ0) is 22.5. The Bertz CT molecular complexity index is 867. The highest BCUT2D eigenvalue weighted by Crippen LogP contribution is 2.17. The number of hydrogen-bond acceptors (Lipinski definition) is 6. The third-order valence-electron chi connectivity index (χ3n) is 4.41. The maximum absolute atomic E-state index is 12.2. The minimum Gasteiger partial charge on any atom is -0.497 e. The van der Waals surface area contributed by atoms with Gasteiger partial charge in [-0.15, -0.1) is 0 Å². The highest BCUT2D eigenvalue weighted by atomic mass is 16.5. The first-order valence-corrected chi connectivity index (χ1v) is 10.0. The number of ether oxygens (including phenoxy) is 3. The monoisotopic (exact) mass is 428 g/mol. The van der Waals surface area contributed by atoms with Crippen molar-refractivity contribution in [1.82, 2.24) is 5.32 Å². The van der Waals surface area contributed by atoms with Crippen molar-refractivity contribution >= 4 is 23.5 Å². The molecular formula is C23H28N2O6. The Hall–Kier alpha value is -3.55. The molecule has 31 heavy (non-hydrogen) atoms. The molecule has 0 atom stereocenters. The normalized spacial score (nSPS) is 10.1. The maximum atomic E-state index is 12.2. The standard InChI is InChI=1S/C23H28N2O6/c1-29-20-8-6-7-18(15-20)25-21(26)16-31-19-12-10-17(11-13-19)23(28)24-14-5-3-4-9-22(27)30-2/h6-8,10-13,15H,3-5,9,14,16H2,1-2H3,(H,24,28)(H,25,26). The molecule has 0 bridgehead atoms. The Labute approximate surface area is 181 Å². The molecule has 166 valence electrons. The van der Waals surface area contributed by atoms with Crippen LogP contribution in [0.1, 0.15) is 36.0 Å². The van der Waals surface area contributed by atoms with E-state index < -0.39 is 0 Å². The molecular weight excluding hydrogens is 400 g/mol. The van der Waals surface area contributed by atoms with Gasteiger partial charge in [0.2, 0.25) is 0 Å². The molecule has 0 unspecified atom stereocenters. The molecule has 2 amide bonds. The van der Waals surface area contributed by atoms with Crippen molar-refractivity contribution in [3.8, 4) is 11.5 Å². The number of benzene rings is 2. The molecule has 2 aromatic carbocycles. The van der Waals surface area contributed by atoms with Gasteiger partial charge < -0.3 is 24.8 Å². The maximum Gasteiger partial charge on any atom is 0.305 e. The fraction of sp³-hybridized carbons (Fsp3) is 0.348. The highest BCUT2D eigenvalue weighted by molar-refractivity contribution is 5.94. The summed E-state index contributed by atoms with van der Waals surface area (Å²) in [5.74, 6) is 0.426. The summed E-state index contributed by atoms with van der Waals surface area (Å²) in [6, 6.07) is 13.6. The van der Waals surface area contributed by atoms with Crippen LogP contribution in [-0.4, -0.2) is 45.2 Å². The van der Waals surface area contributed by atoms with Gasteiger partial charge in [0.25, 0.3) is 11.8 Å². The molecule has 8 heteroatoms. The third-order valence-corrected chi connectivity index (χ3v) is 4.41. The van der Waals surface area contributed by atoms with Crippen LogP contribution in [0.2, 0.25) is 0 Å². The van der Waals surface area contributed by atoms with E-state index in [0.29, 0.717) is 35.7 Å². The molecule has 0 aliphatic heterocycles. The number of methoxy groups -OCH3 is 2. The minimum absolute atomic E-state index is 0.158. The minimum atomic E-state index is -0.303. The largest absolute Gasteiger partial charge is 0.497 e. The first kappa shape index (κ1) is 23.7. The molecule has 2 N–H and O–H groups in total. The van der Waals surface area contributed by atoms with E-state index in [9.17, 15) is 14.4 Å². The number of nitrogens with one attached hydrogen (secondary N) is 2. The molecule has 0 heterocycles. The lowest BCUT2D eigenvalue weighted by atomic mass is 10.2. The number of carbonyl (C=O) groups is 3. The van der Waals surface area contributed by atoms with Crippen molar-refractivity contribution in [3.63, 3.8) is 0 Å². The number of unbranched alkanes of at least 4 members (excludes halogenated alkanes) is 2. The molecule has 0 radical (unpaired) electrons. The molecule has 2 aromatic rings. The number of esters is 1. The summed E-state index contributed by atoms with van der Waals surface area (Å²) in [7, 11) is 2.93. The van der Waals surface area contributed by atoms with Crippen molar-refractivity contribution in [2.24, 2.45) is 0 Å². The predicted octanol–water partition coefficient (Wildman–Crippen LogP) is 3.18. The zero-order valence-electron chi connectivity index (χ0n) is 17.8. The topological polar surface area (TPSA) is 103 Å². The van der Waals surface area contributed by atoms with Gasteiger partial charge in [0.05, 0.1) is 14.2 Å². The Morgan fingerprint density at radius 1 is 0.903 bits per heavy atom. The molecule has 8 nitrogen and oxygen atoms in total. The van der Waals surface area contributed by atoms with Crippen LogP contribution in [0.3, 0.4) is 0 Å². The summed E-state index contributed by atoms with van der Waals surface area (Å²) in [6.45, 7) is 0.372. The van der Waals surface area contributed by atoms with Crippen LogP contribution in [0, 0.1) is 0 Å². The van der Waals surface area contributed by atoms with Crippen LogP contribution < -0.4 is 20.1 Å². The van der Waals surface area contributed by atoms with E-state index in [1.54, 1.807) is 55.6 Å². The molecule has 0 aliphatic carbocycles. The van der Waals surface area contributed by atoms with Crippen molar-refractivity contribution in [2.75, 3.05) is 32.7 Å². The van der Waals surface area contributed by atoms with Crippen molar-refractivity contribution in [3.05, 3.63) is 54.1 Å². The number of carbonyl (C=O) groups excluding carboxylic acids is 3. The number of anilines is 1. The number of hydrogen-bond donors (Lipinski definition) is 2. The Morgan fingerprint density at radius 3 is 2.39 bits per heavy atom. The first-order valence-electron chi connectivity index (χ1n) is 10.0. The van der Waals surface area contributed by atoms with E-state index in [0.717, 1.165) is 19.3 Å². The summed E-state index contributed by atoms with van der Waals surface area (Å²) in [4.78, 5) is 35.2. The first-order chi connectivity index (χ1) is 15.0. The quantitative estimate of drug-likeness (QED) is 0.398. The molecule has 0 saturated carbocycles. The smallest absolute Gasteiger partial charge is 0.305 e. The average Bonchev–Trinajstić information content (AvgIpc) is 2.80. The molecule has 0 fully saturated rings. The van der Waals surface area contributed by atoms with E-state index >= 15 is 0 Å². The van der Waals surface area contributed by atoms with Crippen LogP contribution in [0.4, 0.5) is 5.69 Å². The second-order valence-electron chi connectivity index (χ2n) is 6.74. The van der Waals surface area contributed by atoms with E-state index in [1.807, 2.05) is 0 Å². The van der Waals surface area contributed by atoms with Gasteiger partial charge in [0.1, 0.15) is 11.5 Å². The lowest BCUT2D eigenvalue weighted by Gasteiger charge is -2.09. The van der Waals surface area contributed by atoms with Gasteiger partial charge in [0.15, 0.2) is 6.61 Å². The number of rotatable bonds is 12. The van der Waals surface area contributed by atoms with Crippen LogP contribution in [0.25, 0.3) is 0 Å². The molecule has 0 spiro atoms. The highest BCUT2D eigenvalue weighted by Gasteiger charge is 2.08. The zero-order valence-corrected chi connectivity index (χ0v) is 17.8. The lowest BCUT2D eigenvalue weighted by Crippen LogP contribution is -2.24. The molecule has 0 aliphatic rings. The molecule has 0 saturated heterocycles. The van der Waals surface area contributed by atoms with E-state index in [2.05, 4.69) is 15.4 Å². The second-order valence-corrected chi connectivity index (χ2v) is 6.74. The van der Waals surface area contributed by atoms with Crippen LogP contribution in [0.5, 0.6) is 11.5 Å². The van der Waals surface area contributed by atoms with Gasteiger partial charge in [-0.25, -0.2) is 0 Å². The van der Waals surface area contributed by atoms with Crippen LogP contribution in [-0.2, 0) is 14.3 Å². The fourth-order valence-corrected chi connectivity index (χ4v) is 2.73. The van der Waals surface area contributed by atoms with E-state index in [1.165, 1.54) is 7.11 Å². The Balaban J connectivity index is 1.69. The lowest BCUT2D eigenvalue weighted by molar-refractivity contribution is -0.140. The van der Waals surface area contributed by atoms with Gasteiger partial charge in [-0.2, -0.15) is 0 Å². The summed E-state index contributed by atoms with van der Waals surface area (Å²) in [6.07, 6.45) is 2.75. The van der Waals surface area contributed by atoms with Gasteiger partial charge in [-0.05, 0) is 49.2 Å². The van der Waals surface area contributed by atoms with Crippen LogP contribution in [0.15, 0.2) is 48.5 Å². The van der Waals surface area contributed by atoms with Gasteiger partial charge in [-0.3, -0.25) is 14.4 Å². The Kier molecular flexibility index (Phi) is 9.87. The molecule has 0 aromatic heterocycles. The average molecular weight is 428 g/mol. The Morgan fingerprint density at radius 2 is 1.68 bits per heavy atom. The van der Waals surface area contributed by atoms with Crippen molar-refractivity contribution in [2.45, 2.75) is 25.7 Å². The van der Waals surface area contributed by atoms with Gasteiger partial charge in [0, 0.05) is 30.3 Å². The van der Waals surface area contributed by atoms with E-state index in [-0.39, 0.29) is 24.4 Å². The van der Waals surface area contributed by atoms with E-state index in [4.69, 9.17) is 9.47 Å². The fourth-order valence-electron chi connectivity index (χ4n) is 2.73. The van der Waals surface area contributed by atoms with Gasteiger partial charge >= 0.3 is 5.97 Å². The summed E-state index contributed by atoms with van der Waals surface area (Å²) in [5.41, 5.74) is 1.12. The summed E-state index contributed by atoms with van der Waals surface area (Å²) in [5, 5.41) is 5.57. The van der Waals surface area contributed by atoms with Crippen molar-refractivity contribution < 1.29 is 28.6 Å². The van der Waals surface area contributed by atoms with Gasteiger partial charge in [-0.1, -0.05) is 12.5 Å². The summed E-state index contributed by atoms with van der Waals surface area (Å²) < 4.78 is 15.2. The molecule has 2 rings (SSSR count). The van der Waals surface area contributed by atoms with Crippen molar-refractivity contribution in [1.29, 1.82) is 0 Å². The third kappa shape index (κ3) is 8.77. The summed E-state index contributed by atoms with van der Waals surface area (Å²) >= 11 is 0. The SMILES string of the molecule is COC(=O)CCCCCNC(=O)c1ccc(OCC(=O)Nc2cccc(OC)c2)cc1. The number of amides is 2.